The van der Waals surface area contributed by atoms with Crippen molar-refractivity contribution in [2.75, 3.05) is 6.54 Å². The molecule has 3 aromatic rings. The zero-order valence-electron chi connectivity index (χ0n) is 22.9. The number of nitrogens with zero attached hydrogens (tertiary/aromatic N) is 5. The topological polar surface area (TPSA) is 143 Å². The van der Waals surface area contributed by atoms with Gasteiger partial charge in [0.2, 0.25) is 5.03 Å². The first-order valence-electron chi connectivity index (χ1n) is 13.0. The van der Waals surface area contributed by atoms with E-state index in [1.807, 2.05) is 39.0 Å². The van der Waals surface area contributed by atoms with Gasteiger partial charge >= 0.3 is 5.97 Å². The Hall–Kier alpha value is -3.03. The number of aliphatic carboxylic acids is 1. The summed E-state index contributed by atoms with van der Waals surface area (Å²) in [5, 5.41) is 18.3. The molecule has 0 bridgehead atoms. The number of benzene rings is 1. The molecule has 1 aliphatic heterocycles. The molecule has 2 atom stereocenters. The average molecular weight is 560 g/mol. The molecule has 1 aromatic carbocycles. The third-order valence-corrected chi connectivity index (χ3v) is 8.87. The molecule has 0 fully saturated rings. The van der Waals surface area contributed by atoms with Crippen molar-refractivity contribution in [1.29, 1.82) is 0 Å². The van der Waals surface area contributed by atoms with Gasteiger partial charge in [-0.25, -0.2) is 4.98 Å². The van der Waals surface area contributed by atoms with Crippen molar-refractivity contribution in [3.8, 4) is 5.75 Å². The van der Waals surface area contributed by atoms with Gasteiger partial charge < -0.3 is 14.6 Å². The summed E-state index contributed by atoms with van der Waals surface area (Å²) >= 11 is 0. The molecule has 12 heteroatoms. The summed E-state index contributed by atoms with van der Waals surface area (Å²) in [6.45, 7) is 10.4. The number of carboxylic acid groups (broad SMARTS) is 1. The van der Waals surface area contributed by atoms with Crippen LogP contribution in [0.15, 0.2) is 47.8 Å². The standard InChI is InChI=1S/C27H37N5O6S/c1-6-22-16-32(39(35,36)25-23(38-22)9-8-12-28-25)14-20-13-19(11-10-18(20)3)24(27(4,5)26(33)34)37-17-21-15-31(7-2)30-29-21/h8-13,15,22,24,35-36H,6-7,14,16-17H2,1-5H3,(H,33,34). The molecule has 0 aliphatic carbocycles. The van der Waals surface area contributed by atoms with Crippen LogP contribution in [0, 0.1) is 12.3 Å². The number of fused-ring (bicyclic) bond motifs is 1. The minimum Gasteiger partial charge on any atom is -0.485 e. The van der Waals surface area contributed by atoms with Crippen LogP contribution in [-0.2, 0) is 29.2 Å². The number of rotatable bonds is 10. The van der Waals surface area contributed by atoms with Crippen molar-refractivity contribution in [3.05, 3.63) is 65.1 Å². The van der Waals surface area contributed by atoms with Crippen molar-refractivity contribution in [1.82, 2.24) is 24.3 Å². The summed E-state index contributed by atoms with van der Waals surface area (Å²) in [4.78, 5) is 16.5. The van der Waals surface area contributed by atoms with Crippen molar-refractivity contribution in [3.63, 3.8) is 0 Å². The van der Waals surface area contributed by atoms with Gasteiger partial charge in [0.1, 0.15) is 11.8 Å². The molecule has 212 valence electrons. The molecule has 2 unspecified atom stereocenters. The second kappa shape index (κ2) is 11.6. The van der Waals surface area contributed by atoms with Gasteiger partial charge in [-0.15, -0.1) is 5.10 Å². The highest BCUT2D eigenvalue weighted by molar-refractivity contribution is 8.22. The van der Waals surface area contributed by atoms with Crippen LogP contribution in [0.25, 0.3) is 0 Å². The molecule has 4 rings (SSSR count). The van der Waals surface area contributed by atoms with E-state index in [2.05, 4.69) is 15.3 Å². The summed E-state index contributed by atoms with van der Waals surface area (Å²) in [7, 11) is -3.44. The van der Waals surface area contributed by atoms with Gasteiger partial charge in [0, 0.05) is 19.3 Å². The van der Waals surface area contributed by atoms with Gasteiger partial charge in [-0.05, 0) is 62.9 Å². The highest BCUT2D eigenvalue weighted by atomic mass is 32.3. The van der Waals surface area contributed by atoms with Crippen LogP contribution in [0.1, 0.15) is 62.6 Å². The lowest BCUT2D eigenvalue weighted by molar-refractivity contribution is -0.158. The van der Waals surface area contributed by atoms with E-state index in [1.165, 1.54) is 6.20 Å². The van der Waals surface area contributed by atoms with E-state index in [4.69, 9.17) is 9.47 Å². The predicted octanol–water partition coefficient (Wildman–Crippen LogP) is 5.07. The number of aromatic nitrogens is 4. The minimum absolute atomic E-state index is 0.0925. The number of aryl methyl sites for hydroxylation is 2. The first kappa shape index (κ1) is 29.0. The number of carboxylic acids is 1. The number of hydrogen-bond acceptors (Lipinski definition) is 9. The summed E-state index contributed by atoms with van der Waals surface area (Å²) in [5.41, 5.74) is 1.74. The Labute approximate surface area is 230 Å². The van der Waals surface area contributed by atoms with E-state index in [0.717, 1.165) is 11.1 Å². The summed E-state index contributed by atoms with van der Waals surface area (Å²) in [5.74, 6) is -0.631. The second-order valence-corrected chi connectivity index (χ2v) is 12.2. The van der Waals surface area contributed by atoms with Crippen molar-refractivity contribution in [2.24, 2.45) is 5.41 Å². The molecule has 3 N–H and O–H groups in total. The van der Waals surface area contributed by atoms with Gasteiger partial charge in [-0.3, -0.25) is 18.6 Å². The zero-order valence-corrected chi connectivity index (χ0v) is 23.8. The average Bonchev–Trinajstić information content (AvgIpc) is 3.33. The number of carbonyl (C=O) groups is 1. The largest absolute Gasteiger partial charge is 0.485 e. The fourth-order valence-electron chi connectivity index (χ4n) is 4.48. The summed E-state index contributed by atoms with van der Waals surface area (Å²) in [6.07, 6.45) is 2.89. The molecular formula is C27H37N5O6S. The molecule has 11 nitrogen and oxygen atoms in total. The monoisotopic (exact) mass is 559 g/mol. The van der Waals surface area contributed by atoms with E-state index in [-0.39, 0.29) is 30.8 Å². The van der Waals surface area contributed by atoms with Crippen LogP contribution < -0.4 is 4.74 Å². The third kappa shape index (κ3) is 6.10. The van der Waals surface area contributed by atoms with Crippen LogP contribution in [0.3, 0.4) is 0 Å². The van der Waals surface area contributed by atoms with Crippen molar-refractivity contribution < 1.29 is 28.5 Å². The Morgan fingerprint density at radius 3 is 2.72 bits per heavy atom. The number of ether oxygens (including phenoxy) is 2. The lowest BCUT2D eigenvalue weighted by Gasteiger charge is -2.41. The molecule has 1 aliphatic rings. The lowest BCUT2D eigenvalue weighted by Crippen LogP contribution is -2.35. The van der Waals surface area contributed by atoms with Gasteiger partial charge in [0.25, 0.3) is 0 Å². The smallest absolute Gasteiger partial charge is 0.312 e. The van der Waals surface area contributed by atoms with Crippen molar-refractivity contribution >= 4 is 16.7 Å². The van der Waals surface area contributed by atoms with Gasteiger partial charge in [0.15, 0.2) is 5.75 Å². The van der Waals surface area contributed by atoms with Gasteiger partial charge in [-0.2, -0.15) is 4.31 Å². The van der Waals surface area contributed by atoms with E-state index in [9.17, 15) is 19.0 Å². The Kier molecular flexibility index (Phi) is 8.62. The predicted molar refractivity (Wildman–Crippen MR) is 146 cm³/mol. The summed E-state index contributed by atoms with van der Waals surface area (Å²) < 4.78 is 38.2. The molecular weight excluding hydrogens is 522 g/mol. The quantitative estimate of drug-likeness (QED) is 0.308. The van der Waals surface area contributed by atoms with E-state index < -0.39 is 28.3 Å². The summed E-state index contributed by atoms with van der Waals surface area (Å²) in [6, 6.07) is 9.04. The maximum atomic E-state index is 12.3. The molecule has 0 saturated carbocycles. The number of hydrogen-bond donors (Lipinski definition) is 3. The SMILES string of the molecule is CCC1CN(Cc2cc(C(OCc3cn(CC)nn3)C(C)(C)C(=O)O)ccc2C)S(O)(O)c2ncccc2O1. The fraction of sp³-hybridized carbons (Fsp3) is 0.481. The molecule has 3 heterocycles. The van der Waals surface area contributed by atoms with Gasteiger partial charge in [0.05, 0.1) is 30.9 Å². The third-order valence-electron chi connectivity index (χ3n) is 7.05. The maximum absolute atomic E-state index is 12.3. The van der Waals surface area contributed by atoms with Crippen LogP contribution in [-0.4, -0.2) is 57.1 Å². The second-order valence-electron chi connectivity index (χ2n) is 10.3. The minimum atomic E-state index is -3.44. The Bertz CT molecular complexity index is 1310. The highest BCUT2D eigenvalue weighted by Crippen LogP contribution is 2.56. The van der Waals surface area contributed by atoms with Gasteiger partial charge in [-0.1, -0.05) is 41.1 Å². The molecule has 0 saturated heterocycles. The van der Waals surface area contributed by atoms with E-state index in [0.29, 0.717) is 30.0 Å². The Morgan fingerprint density at radius 2 is 2.05 bits per heavy atom. The normalized spacial score (nSPS) is 19.0. The van der Waals surface area contributed by atoms with Crippen LogP contribution in [0.2, 0.25) is 0 Å². The maximum Gasteiger partial charge on any atom is 0.312 e. The Morgan fingerprint density at radius 1 is 1.28 bits per heavy atom. The first-order chi connectivity index (χ1) is 18.5. The first-order valence-corrected chi connectivity index (χ1v) is 14.5. The molecule has 39 heavy (non-hydrogen) atoms. The zero-order chi connectivity index (χ0) is 28.4. The fourth-order valence-corrected chi connectivity index (χ4v) is 6.01. The van der Waals surface area contributed by atoms with E-state index >= 15 is 0 Å². The van der Waals surface area contributed by atoms with Crippen LogP contribution in [0.4, 0.5) is 0 Å². The van der Waals surface area contributed by atoms with Crippen LogP contribution in [0.5, 0.6) is 5.75 Å². The lowest BCUT2D eigenvalue weighted by atomic mass is 9.81. The molecule has 2 aromatic heterocycles. The molecule has 0 radical (unpaired) electrons. The van der Waals surface area contributed by atoms with E-state index in [1.54, 1.807) is 41.2 Å². The molecule has 0 spiro atoms. The van der Waals surface area contributed by atoms with Crippen molar-refractivity contribution in [2.45, 2.75) is 78.0 Å². The Balaban J connectivity index is 1.67. The highest BCUT2D eigenvalue weighted by Gasteiger charge is 2.40. The number of pyridine rings is 1. The molecule has 0 amide bonds. The van der Waals surface area contributed by atoms with Crippen LogP contribution >= 0.6 is 10.8 Å².